The first kappa shape index (κ1) is 26.9. The standard InChI is InChI=1S/C25H30N6O4S/c1-15(2)19-11-6-7-12-20(19)26-21(32)14-36-25-29-28-23(30(25)5)22(16(3)4)27-24(33)17-9-8-10-18(13-17)31(34)35/h6-13,15-16,22H,14H2,1-5H3,(H,26,32)(H,27,33)/t22-/m1/s1. The Morgan fingerprint density at radius 3 is 2.47 bits per heavy atom. The van der Waals surface area contributed by atoms with Crippen LogP contribution in [0.2, 0.25) is 0 Å². The van der Waals surface area contributed by atoms with E-state index in [0.29, 0.717) is 11.0 Å². The lowest BCUT2D eigenvalue weighted by Gasteiger charge is -2.21. The molecule has 2 amide bonds. The van der Waals surface area contributed by atoms with Crippen LogP contribution in [0, 0.1) is 16.0 Å². The second kappa shape index (κ2) is 11.8. The minimum atomic E-state index is -0.541. The van der Waals surface area contributed by atoms with Gasteiger partial charge in [-0.3, -0.25) is 19.7 Å². The Morgan fingerprint density at radius 2 is 1.81 bits per heavy atom. The van der Waals surface area contributed by atoms with E-state index >= 15 is 0 Å². The number of rotatable bonds is 10. The average molecular weight is 511 g/mol. The van der Waals surface area contributed by atoms with Crippen molar-refractivity contribution in [1.29, 1.82) is 0 Å². The maximum Gasteiger partial charge on any atom is 0.270 e. The Morgan fingerprint density at radius 1 is 1.08 bits per heavy atom. The number of aromatic nitrogens is 3. The number of anilines is 1. The monoisotopic (exact) mass is 510 g/mol. The lowest BCUT2D eigenvalue weighted by Crippen LogP contribution is -2.33. The third-order valence-electron chi connectivity index (χ3n) is 5.61. The molecule has 0 bridgehead atoms. The summed E-state index contributed by atoms with van der Waals surface area (Å²) in [6, 6.07) is 12.8. The van der Waals surface area contributed by atoms with Crippen molar-refractivity contribution in [2.24, 2.45) is 13.0 Å². The summed E-state index contributed by atoms with van der Waals surface area (Å²) in [5.74, 6) is 0.307. The molecule has 2 aromatic carbocycles. The highest BCUT2D eigenvalue weighted by Crippen LogP contribution is 2.26. The van der Waals surface area contributed by atoms with Gasteiger partial charge in [-0.05, 0) is 29.5 Å². The number of amides is 2. The van der Waals surface area contributed by atoms with E-state index in [-0.39, 0.29) is 34.7 Å². The number of para-hydroxylation sites is 1. The molecule has 0 unspecified atom stereocenters. The highest BCUT2D eigenvalue weighted by molar-refractivity contribution is 7.99. The number of carbonyl (C=O) groups is 2. The smallest absolute Gasteiger partial charge is 0.270 e. The van der Waals surface area contributed by atoms with Crippen molar-refractivity contribution in [3.05, 3.63) is 75.6 Å². The van der Waals surface area contributed by atoms with Crippen molar-refractivity contribution < 1.29 is 14.5 Å². The molecule has 0 aliphatic rings. The maximum absolute atomic E-state index is 12.8. The van der Waals surface area contributed by atoms with Crippen LogP contribution in [-0.2, 0) is 11.8 Å². The highest BCUT2D eigenvalue weighted by Gasteiger charge is 2.26. The van der Waals surface area contributed by atoms with Crippen molar-refractivity contribution in [3.63, 3.8) is 0 Å². The average Bonchev–Trinajstić information content (AvgIpc) is 3.20. The number of hydrogen-bond donors (Lipinski definition) is 2. The molecule has 1 atom stereocenters. The summed E-state index contributed by atoms with van der Waals surface area (Å²) in [6.07, 6.45) is 0. The lowest BCUT2D eigenvalue weighted by atomic mass is 10.0. The van der Waals surface area contributed by atoms with Crippen molar-refractivity contribution in [1.82, 2.24) is 20.1 Å². The minimum absolute atomic E-state index is 0.0377. The summed E-state index contributed by atoms with van der Waals surface area (Å²) in [5.41, 5.74) is 1.89. The quantitative estimate of drug-likeness (QED) is 0.229. The molecule has 0 saturated carbocycles. The van der Waals surface area contributed by atoms with Gasteiger partial charge in [0.15, 0.2) is 11.0 Å². The summed E-state index contributed by atoms with van der Waals surface area (Å²) in [5, 5.41) is 25.9. The van der Waals surface area contributed by atoms with Gasteiger partial charge in [0.2, 0.25) is 5.91 Å². The van der Waals surface area contributed by atoms with E-state index in [9.17, 15) is 19.7 Å². The number of carbonyl (C=O) groups excluding carboxylic acids is 2. The molecule has 0 fully saturated rings. The predicted molar refractivity (Wildman–Crippen MR) is 139 cm³/mol. The molecule has 11 heteroatoms. The van der Waals surface area contributed by atoms with Crippen molar-refractivity contribution in [3.8, 4) is 0 Å². The van der Waals surface area contributed by atoms with Gasteiger partial charge < -0.3 is 15.2 Å². The fourth-order valence-electron chi connectivity index (χ4n) is 3.67. The molecule has 10 nitrogen and oxygen atoms in total. The number of nitrogens with one attached hydrogen (secondary N) is 2. The van der Waals surface area contributed by atoms with Gasteiger partial charge >= 0.3 is 0 Å². The van der Waals surface area contributed by atoms with Crippen LogP contribution in [0.1, 0.15) is 61.4 Å². The third kappa shape index (κ3) is 6.48. The predicted octanol–water partition coefficient (Wildman–Crippen LogP) is 4.70. The van der Waals surface area contributed by atoms with Crippen molar-refractivity contribution in [2.45, 2.75) is 44.8 Å². The number of nitrogens with zero attached hydrogens (tertiary/aromatic N) is 4. The lowest BCUT2D eigenvalue weighted by molar-refractivity contribution is -0.384. The summed E-state index contributed by atoms with van der Waals surface area (Å²) >= 11 is 1.25. The number of nitro benzene ring substituents is 1. The van der Waals surface area contributed by atoms with Gasteiger partial charge in [0.05, 0.1) is 16.7 Å². The van der Waals surface area contributed by atoms with E-state index in [2.05, 4.69) is 34.7 Å². The Labute approximate surface area is 214 Å². The van der Waals surface area contributed by atoms with Gasteiger partial charge in [-0.25, -0.2) is 0 Å². The largest absolute Gasteiger partial charge is 0.342 e. The molecule has 36 heavy (non-hydrogen) atoms. The third-order valence-corrected chi connectivity index (χ3v) is 6.63. The zero-order chi connectivity index (χ0) is 26.4. The van der Waals surface area contributed by atoms with Crippen LogP contribution in [0.4, 0.5) is 11.4 Å². The topological polar surface area (TPSA) is 132 Å². The number of thioether (sulfide) groups is 1. The van der Waals surface area contributed by atoms with Crippen LogP contribution >= 0.6 is 11.8 Å². The number of nitro groups is 1. The molecular weight excluding hydrogens is 480 g/mol. The summed E-state index contributed by atoms with van der Waals surface area (Å²) in [6.45, 7) is 8.01. The van der Waals surface area contributed by atoms with Gasteiger partial charge in [-0.15, -0.1) is 10.2 Å². The molecule has 0 spiro atoms. The molecule has 0 aliphatic carbocycles. The van der Waals surface area contributed by atoms with Crippen LogP contribution in [0.5, 0.6) is 0 Å². The van der Waals surface area contributed by atoms with Crippen LogP contribution in [0.15, 0.2) is 53.7 Å². The molecule has 1 heterocycles. The Kier molecular flexibility index (Phi) is 8.81. The summed E-state index contributed by atoms with van der Waals surface area (Å²) in [4.78, 5) is 36.0. The van der Waals surface area contributed by atoms with Gasteiger partial charge in [-0.2, -0.15) is 0 Å². The fraction of sp³-hybridized carbons (Fsp3) is 0.360. The Hall–Kier alpha value is -3.73. The molecule has 3 aromatic rings. The van der Waals surface area contributed by atoms with E-state index in [4.69, 9.17) is 0 Å². The van der Waals surface area contributed by atoms with Crippen LogP contribution in [0.3, 0.4) is 0 Å². The first-order valence-corrected chi connectivity index (χ1v) is 12.5. The molecular formula is C25H30N6O4S. The zero-order valence-corrected chi connectivity index (χ0v) is 21.7. The maximum atomic E-state index is 12.8. The van der Waals surface area contributed by atoms with Crippen LogP contribution < -0.4 is 10.6 Å². The van der Waals surface area contributed by atoms with E-state index in [1.54, 1.807) is 11.6 Å². The Bertz CT molecular complexity index is 1260. The van der Waals surface area contributed by atoms with E-state index in [0.717, 1.165) is 11.3 Å². The van der Waals surface area contributed by atoms with Crippen molar-refractivity contribution in [2.75, 3.05) is 11.1 Å². The van der Waals surface area contributed by atoms with Crippen LogP contribution in [-0.4, -0.2) is 37.3 Å². The minimum Gasteiger partial charge on any atom is -0.342 e. The van der Waals surface area contributed by atoms with E-state index < -0.39 is 16.9 Å². The van der Waals surface area contributed by atoms with Gasteiger partial charge in [0, 0.05) is 30.4 Å². The van der Waals surface area contributed by atoms with E-state index in [1.165, 1.54) is 36.0 Å². The SMILES string of the molecule is CC(C)c1ccccc1NC(=O)CSc1nnc([C@H](NC(=O)c2cccc([N+](=O)[O-])c2)C(C)C)n1C. The molecule has 0 radical (unpaired) electrons. The first-order chi connectivity index (χ1) is 17.1. The summed E-state index contributed by atoms with van der Waals surface area (Å²) < 4.78 is 1.75. The molecule has 190 valence electrons. The number of non-ortho nitro benzene ring substituents is 1. The zero-order valence-electron chi connectivity index (χ0n) is 20.9. The normalized spacial score (nSPS) is 12.0. The second-order valence-electron chi connectivity index (χ2n) is 8.98. The molecule has 0 aliphatic heterocycles. The molecule has 1 aromatic heterocycles. The number of hydrogen-bond acceptors (Lipinski definition) is 7. The first-order valence-electron chi connectivity index (χ1n) is 11.5. The molecule has 3 rings (SSSR count). The van der Waals surface area contributed by atoms with Gasteiger partial charge in [0.25, 0.3) is 11.6 Å². The van der Waals surface area contributed by atoms with Crippen molar-refractivity contribution >= 4 is 35.0 Å². The van der Waals surface area contributed by atoms with Gasteiger partial charge in [-0.1, -0.05) is 63.7 Å². The highest BCUT2D eigenvalue weighted by atomic mass is 32.2. The van der Waals surface area contributed by atoms with Crippen LogP contribution in [0.25, 0.3) is 0 Å². The summed E-state index contributed by atoms with van der Waals surface area (Å²) in [7, 11) is 1.78. The fourth-order valence-corrected chi connectivity index (χ4v) is 4.39. The molecule has 2 N–H and O–H groups in total. The van der Waals surface area contributed by atoms with E-state index in [1.807, 2.05) is 38.1 Å². The molecule has 0 saturated heterocycles. The second-order valence-corrected chi connectivity index (χ2v) is 9.92. The Balaban J connectivity index is 1.69. The number of benzene rings is 2. The van der Waals surface area contributed by atoms with Gasteiger partial charge in [0.1, 0.15) is 0 Å².